The van der Waals surface area contributed by atoms with Crippen LogP contribution in [0.25, 0.3) is 0 Å². The Labute approximate surface area is 114 Å². The standard InChI is InChI=1S/C13H20FN3S/c1-16(2)9-8-15-13(18)17(3)10-11-4-6-12(14)7-5-11/h4-7H,8-10H2,1-3H3,(H,15,18). The third-order valence-corrected chi connectivity index (χ3v) is 2.97. The number of hydrogen-bond acceptors (Lipinski definition) is 2. The van der Waals surface area contributed by atoms with E-state index in [0.29, 0.717) is 11.7 Å². The SMILES string of the molecule is CN(C)CCNC(=S)N(C)Cc1ccc(F)cc1. The Hall–Kier alpha value is -1.20. The maximum absolute atomic E-state index is 12.8. The summed E-state index contributed by atoms with van der Waals surface area (Å²) in [6, 6.07) is 6.47. The first-order chi connectivity index (χ1) is 8.49. The summed E-state index contributed by atoms with van der Waals surface area (Å²) < 4.78 is 12.8. The van der Waals surface area contributed by atoms with Gasteiger partial charge < -0.3 is 15.1 Å². The number of benzene rings is 1. The molecule has 100 valence electrons. The van der Waals surface area contributed by atoms with E-state index >= 15 is 0 Å². The average Bonchev–Trinajstić information content (AvgIpc) is 2.31. The molecule has 0 aliphatic rings. The van der Waals surface area contributed by atoms with Crippen molar-refractivity contribution >= 4 is 17.3 Å². The van der Waals surface area contributed by atoms with Gasteiger partial charge in [-0.15, -0.1) is 0 Å². The third-order valence-electron chi connectivity index (χ3n) is 2.51. The van der Waals surface area contributed by atoms with Gasteiger partial charge in [-0.3, -0.25) is 0 Å². The zero-order valence-corrected chi connectivity index (χ0v) is 11.9. The van der Waals surface area contributed by atoms with E-state index in [1.54, 1.807) is 12.1 Å². The van der Waals surface area contributed by atoms with E-state index < -0.39 is 0 Å². The van der Waals surface area contributed by atoms with Gasteiger partial charge in [-0.05, 0) is 44.0 Å². The lowest BCUT2D eigenvalue weighted by Gasteiger charge is -2.22. The molecule has 1 aromatic rings. The molecule has 0 spiro atoms. The van der Waals surface area contributed by atoms with Crippen LogP contribution in [0.1, 0.15) is 5.56 Å². The van der Waals surface area contributed by atoms with Crippen molar-refractivity contribution in [3.8, 4) is 0 Å². The molecule has 18 heavy (non-hydrogen) atoms. The lowest BCUT2D eigenvalue weighted by Crippen LogP contribution is -2.39. The number of halogens is 1. The summed E-state index contributed by atoms with van der Waals surface area (Å²) in [5, 5.41) is 3.90. The quantitative estimate of drug-likeness (QED) is 0.820. The Kier molecular flexibility index (Phi) is 6.01. The van der Waals surface area contributed by atoms with Crippen molar-refractivity contribution in [1.82, 2.24) is 15.1 Å². The summed E-state index contributed by atoms with van der Waals surface area (Å²) in [5.41, 5.74) is 1.04. The Morgan fingerprint density at radius 3 is 2.39 bits per heavy atom. The van der Waals surface area contributed by atoms with E-state index in [-0.39, 0.29) is 5.82 Å². The number of likely N-dealkylation sites (N-methyl/N-ethyl adjacent to an activating group) is 1. The van der Waals surface area contributed by atoms with Crippen LogP contribution in [-0.4, -0.2) is 49.1 Å². The third kappa shape index (κ3) is 5.42. The molecule has 3 nitrogen and oxygen atoms in total. The maximum Gasteiger partial charge on any atom is 0.169 e. The maximum atomic E-state index is 12.8. The molecule has 1 rings (SSSR count). The highest BCUT2D eigenvalue weighted by Gasteiger charge is 2.04. The molecule has 0 saturated heterocycles. The Bertz CT molecular complexity index is 378. The van der Waals surface area contributed by atoms with Gasteiger partial charge in [0.25, 0.3) is 0 Å². The predicted octanol–water partition coefficient (Wildman–Crippen LogP) is 1.69. The largest absolute Gasteiger partial charge is 0.361 e. The highest BCUT2D eigenvalue weighted by atomic mass is 32.1. The number of hydrogen-bond donors (Lipinski definition) is 1. The second-order valence-corrected chi connectivity index (χ2v) is 4.90. The molecule has 0 fully saturated rings. The smallest absolute Gasteiger partial charge is 0.169 e. The molecule has 0 saturated carbocycles. The molecule has 0 aliphatic heterocycles. The van der Waals surface area contributed by atoms with Crippen LogP contribution in [0.4, 0.5) is 4.39 Å². The topological polar surface area (TPSA) is 18.5 Å². The molecule has 1 N–H and O–H groups in total. The fourth-order valence-electron chi connectivity index (χ4n) is 1.46. The Balaban J connectivity index is 2.37. The molecule has 0 amide bonds. The van der Waals surface area contributed by atoms with Crippen molar-refractivity contribution in [2.24, 2.45) is 0 Å². The molecule has 0 unspecified atom stereocenters. The number of rotatable bonds is 5. The second-order valence-electron chi connectivity index (χ2n) is 4.52. The van der Waals surface area contributed by atoms with Crippen LogP contribution >= 0.6 is 12.2 Å². The number of nitrogens with zero attached hydrogens (tertiary/aromatic N) is 2. The highest BCUT2D eigenvalue weighted by Crippen LogP contribution is 2.05. The summed E-state index contributed by atoms with van der Waals surface area (Å²) >= 11 is 5.28. The van der Waals surface area contributed by atoms with Crippen molar-refractivity contribution < 1.29 is 4.39 Å². The van der Waals surface area contributed by atoms with Crippen LogP contribution in [0.3, 0.4) is 0 Å². The minimum atomic E-state index is -0.215. The molecule has 1 aromatic carbocycles. The molecule has 0 radical (unpaired) electrons. The van der Waals surface area contributed by atoms with E-state index in [9.17, 15) is 4.39 Å². The van der Waals surface area contributed by atoms with Gasteiger partial charge in [0.2, 0.25) is 0 Å². The first kappa shape index (κ1) is 14.9. The minimum absolute atomic E-state index is 0.215. The van der Waals surface area contributed by atoms with Gasteiger partial charge in [0.05, 0.1) is 0 Å². The summed E-state index contributed by atoms with van der Waals surface area (Å²) in [5.74, 6) is -0.215. The molecule has 0 bridgehead atoms. The molecule has 5 heteroatoms. The van der Waals surface area contributed by atoms with Gasteiger partial charge in [-0.25, -0.2) is 4.39 Å². The van der Waals surface area contributed by atoms with Crippen LogP contribution < -0.4 is 5.32 Å². The van der Waals surface area contributed by atoms with E-state index in [0.717, 1.165) is 18.7 Å². The van der Waals surface area contributed by atoms with Crippen molar-refractivity contribution in [1.29, 1.82) is 0 Å². The first-order valence-corrected chi connectivity index (χ1v) is 6.28. The van der Waals surface area contributed by atoms with Crippen molar-refractivity contribution in [3.63, 3.8) is 0 Å². The van der Waals surface area contributed by atoms with E-state index in [1.807, 2.05) is 26.0 Å². The lowest BCUT2D eigenvalue weighted by atomic mass is 10.2. The second kappa shape index (κ2) is 7.28. The van der Waals surface area contributed by atoms with Crippen molar-refractivity contribution in [2.75, 3.05) is 34.2 Å². The van der Waals surface area contributed by atoms with Gasteiger partial charge in [0.15, 0.2) is 5.11 Å². The Morgan fingerprint density at radius 2 is 1.83 bits per heavy atom. The number of nitrogens with one attached hydrogen (secondary N) is 1. The van der Waals surface area contributed by atoms with E-state index in [4.69, 9.17) is 12.2 Å². The molecular weight excluding hydrogens is 249 g/mol. The van der Waals surface area contributed by atoms with Crippen LogP contribution in [0.2, 0.25) is 0 Å². The summed E-state index contributed by atoms with van der Waals surface area (Å²) in [4.78, 5) is 4.04. The normalized spacial score (nSPS) is 10.5. The Morgan fingerprint density at radius 1 is 1.22 bits per heavy atom. The van der Waals surface area contributed by atoms with E-state index in [1.165, 1.54) is 12.1 Å². The van der Waals surface area contributed by atoms with Crippen molar-refractivity contribution in [3.05, 3.63) is 35.6 Å². The van der Waals surface area contributed by atoms with Crippen LogP contribution in [0.15, 0.2) is 24.3 Å². The number of thiocarbonyl (C=S) groups is 1. The van der Waals surface area contributed by atoms with Crippen LogP contribution in [0, 0.1) is 5.82 Å². The van der Waals surface area contributed by atoms with Gasteiger partial charge in [-0.2, -0.15) is 0 Å². The van der Waals surface area contributed by atoms with Crippen LogP contribution in [-0.2, 0) is 6.54 Å². The molecule has 0 aromatic heterocycles. The fourth-order valence-corrected chi connectivity index (χ4v) is 1.62. The van der Waals surface area contributed by atoms with Gasteiger partial charge >= 0.3 is 0 Å². The average molecular weight is 269 g/mol. The zero-order valence-electron chi connectivity index (χ0n) is 11.1. The fraction of sp³-hybridized carbons (Fsp3) is 0.462. The highest BCUT2D eigenvalue weighted by molar-refractivity contribution is 7.80. The summed E-state index contributed by atoms with van der Waals surface area (Å²) in [6.45, 7) is 2.43. The molecule has 0 heterocycles. The summed E-state index contributed by atoms with van der Waals surface area (Å²) in [6.07, 6.45) is 0. The zero-order chi connectivity index (χ0) is 13.5. The van der Waals surface area contributed by atoms with Gasteiger partial charge in [-0.1, -0.05) is 12.1 Å². The summed E-state index contributed by atoms with van der Waals surface area (Å²) in [7, 11) is 5.97. The van der Waals surface area contributed by atoms with Gasteiger partial charge in [0, 0.05) is 26.7 Å². The lowest BCUT2D eigenvalue weighted by molar-refractivity contribution is 0.405. The van der Waals surface area contributed by atoms with Gasteiger partial charge in [0.1, 0.15) is 5.82 Å². The monoisotopic (exact) mass is 269 g/mol. The molecular formula is C13H20FN3S. The van der Waals surface area contributed by atoms with Crippen molar-refractivity contribution in [2.45, 2.75) is 6.54 Å². The molecule has 0 atom stereocenters. The first-order valence-electron chi connectivity index (χ1n) is 5.87. The van der Waals surface area contributed by atoms with E-state index in [2.05, 4.69) is 10.2 Å². The minimum Gasteiger partial charge on any atom is -0.361 e. The predicted molar refractivity (Wildman–Crippen MR) is 77.0 cm³/mol. The van der Waals surface area contributed by atoms with Crippen LogP contribution in [0.5, 0.6) is 0 Å². The molecule has 0 aliphatic carbocycles.